The van der Waals surface area contributed by atoms with E-state index < -0.39 is 0 Å². The Kier molecular flexibility index (Phi) is 5.32. The third-order valence-electron chi connectivity index (χ3n) is 4.83. The molecule has 0 spiro atoms. The molecular weight excluding hydrogens is 322 g/mol. The van der Waals surface area contributed by atoms with E-state index in [1.54, 1.807) is 14.2 Å². The molecule has 2 aromatic rings. The van der Waals surface area contributed by atoms with Gasteiger partial charge in [-0.05, 0) is 49.4 Å². The highest BCUT2D eigenvalue weighted by Gasteiger charge is 2.24. The zero-order chi connectivity index (χ0) is 17.1. The minimum Gasteiger partial charge on any atom is -0.496 e. The van der Waals surface area contributed by atoms with Gasteiger partial charge in [0.05, 0.1) is 14.2 Å². The normalized spacial score (nSPS) is 16.6. The fourth-order valence-corrected chi connectivity index (χ4v) is 3.66. The van der Waals surface area contributed by atoms with Crippen molar-refractivity contribution in [2.24, 2.45) is 0 Å². The average Bonchev–Trinajstić information content (AvgIpc) is 2.61. The molecule has 1 N–H and O–H groups in total. The van der Waals surface area contributed by atoms with Gasteiger partial charge in [-0.2, -0.15) is 0 Å². The molecule has 0 radical (unpaired) electrons. The number of nitrogens with one attached hydrogen (secondary N) is 1. The van der Waals surface area contributed by atoms with Crippen molar-refractivity contribution in [3.8, 4) is 11.5 Å². The van der Waals surface area contributed by atoms with E-state index in [1.807, 2.05) is 25.1 Å². The highest BCUT2D eigenvalue weighted by molar-refractivity contribution is 6.32. The molecule has 1 aliphatic carbocycles. The van der Waals surface area contributed by atoms with Crippen LogP contribution in [0.25, 0.3) is 0 Å². The number of fused-ring (bicyclic) bond motifs is 1. The summed E-state index contributed by atoms with van der Waals surface area (Å²) >= 11 is 6.40. The van der Waals surface area contributed by atoms with E-state index in [1.165, 1.54) is 11.1 Å². The van der Waals surface area contributed by atoms with Crippen LogP contribution in [0, 0.1) is 6.92 Å². The van der Waals surface area contributed by atoms with E-state index in [4.69, 9.17) is 21.1 Å². The highest BCUT2D eigenvalue weighted by atomic mass is 35.5. The molecule has 0 saturated heterocycles. The number of methoxy groups -OCH3 is 2. The first-order chi connectivity index (χ1) is 11.6. The van der Waals surface area contributed by atoms with Crippen LogP contribution in [0.3, 0.4) is 0 Å². The summed E-state index contributed by atoms with van der Waals surface area (Å²) in [4.78, 5) is 0. The predicted octanol–water partition coefficient (Wildman–Crippen LogP) is 4.31. The van der Waals surface area contributed by atoms with Gasteiger partial charge in [-0.1, -0.05) is 29.8 Å². The molecule has 0 aromatic heterocycles. The van der Waals surface area contributed by atoms with Crippen LogP contribution in [-0.4, -0.2) is 20.3 Å². The zero-order valence-electron chi connectivity index (χ0n) is 14.5. The predicted molar refractivity (Wildman–Crippen MR) is 98.4 cm³/mol. The summed E-state index contributed by atoms with van der Waals surface area (Å²) in [7, 11) is 3.46. The molecular formula is C20H24ClNO2. The minimum atomic E-state index is 0.412. The largest absolute Gasteiger partial charge is 0.496 e. The quantitative estimate of drug-likeness (QED) is 0.875. The van der Waals surface area contributed by atoms with Crippen molar-refractivity contribution < 1.29 is 9.47 Å². The number of hydrogen-bond donors (Lipinski definition) is 1. The van der Waals surface area contributed by atoms with Crippen molar-refractivity contribution in [3.63, 3.8) is 0 Å². The number of hydrogen-bond acceptors (Lipinski definition) is 3. The van der Waals surface area contributed by atoms with Gasteiger partial charge in [-0.15, -0.1) is 0 Å². The lowest BCUT2D eigenvalue weighted by Crippen LogP contribution is -2.34. The number of rotatable bonds is 5. The van der Waals surface area contributed by atoms with Crippen LogP contribution >= 0.6 is 11.6 Å². The molecule has 0 heterocycles. The smallest absolute Gasteiger partial charge is 0.122 e. The molecule has 4 heteroatoms. The molecule has 1 aliphatic rings. The monoisotopic (exact) mass is 345 g/mol. The maximum absolute atomic E-state index is 6.40. The summed E-state index contributed by atoms with van der Waals surface area (Å²) in [5, 5.41) is 4.52. The van der Waals surface area contributed by atoms with E-state index in [0.717, 1.165) is 53.5 Å². The van der Waals surface area contributed by atoms with Crippen molar-refractivity contribution in [1.29, 1.82) is 0 Å². The molecule has 0 saturated carbocycles. The van der Waals surface area contributed by atoms with Gasteiger partial charge in [0, 0.05) is 28.7 Å². The second-order valence-electron chi connectivity index (χ2n) is 6.30. The molecule has 0 aliphatic heterocycles. The Bertz CT molecular complexity index is 730. The summed E-state index contributed by atoms with van der Waals surface area (Å²) in [6.45, 7) is 2.83. The van der Waals surface area contributed by atoms with Gasteiger partial charge in [-0.3, -0.25) is 0 Å². The Morgan fingerprint density at radius 3 is 2.50 bits per heavy atom. The number of halogens is 1. The first kappa shape index (κ1) is 17.1. The first-order valence-corrected chi connectivity index (χ1v) is 8.72. The second-order valence-corrected chi connectivity index (χ2v) is 6.67. The Labute approximate surface area is 148 Å². The standard InChI is InChI=1S/C20H24ClNO2/c1-13-5-4-6-14(20(13)21)12-22-15-7-8-16-17(11-15)19(24-3)10-9-18(16)23-2/h4-6,9-10,15,22H,7-8,11-12H2,1-3H3. The molecule has 0 bridgehead atoms. The van der Waals surface area contributed by atoms with E-state index in [9.17, 15) is 0 Å². The van der Waals surface area contributed by atoms with E-state index in [-0.39, 0.29) is 0 Å². The van der Waals surface area contributed by atoms with Crippen LogP contribution in [0.4, 0.5) is 0 Å². The molecule has 3 rings (SSSR count). The highest BCUT2D eigenvalue weighted by Crippen LogP contribution is 2.36. The van der Waals surface area contributed by atoms with Crippen LogP contribution in [0.5, 0.6) is 11.5 Å². The third kappa shape index (κ3) is 3.38. The SMILES string of the molecule is COc1ccc(OC)c2c1CCC(NCc1cccc(C)c1Cl)C2. The van der Waals surface area contributed by atoms with Crippen LogP contribution in [0.1, 0.15) is 28.7 Å². The van der Waals surface area contributed by atoms with Gasteiger partial charge in [0.25, 0.3) is 0 Å². The number of aryl methyl sites for hydroxylation is 1. The summed E-state index contributed by atoms with van der Waals surface area (Å²) in [6.07, 6.45) is 3.02. The Morgan fingerprint density at radius 2 is 1.79 bits per heavy atom. The zero-order valence-corrected chi connectivity index (χ0v) is 15.2. The van der Waals surface area contributed by atoms with Gasteiger partial charge in [-0.25, -0.2) is 0 Å². The van der Waals surface area contributed by atoms with Crippen LogP contribution < -0.4 is 14.8 Å². The second kappa shape index (κ2) is 7.45. The van der Waals surface area contributed by atoms with E-state index in [0.29, 0.717) is 6.04 Å². The number of ether oxygens (including phenoxy) is 2. The van der Waals surface area contributed by atoms with Crippen LogP contribution in [0.15, 0.2) is 30.3 Å². The fourth-order valence-electron chi connectivity index (χ4n) is 3.47. The van der Waals surface area contributed by atoms with Gasteiger partial charge >= 0.3 is 0 Å². The maximum atomic E-state index is 6.40. The van der Waals surface area contributed by atoms with Crippen molar-refractivity contribution in [2.45, 2.75) is 38.8 Å². The third-order valence-corrected chi connectivity index (χ3v) is 5.37. The minimum absolute atomic E-state index is 0.412. The van der Waals surface area contributed by atoms with Crippen molar-refractivity contribution in [1.82, 2.24) is 5.32 Å². The first-order valence-electron chi connectivity index (χ1n) is 8.34. The summed E-state index contributed by atoms with van der Waals surface area (Å²) in [5.74, 6) is 1.91. The lowest BCUT2D eigenvalue weighted by atomic mass is 9.86. The molecule has 1 unspecified atom stereocenters. The Hall–Kier alpha value is -1.71. The topological polar surface area (TPSA) is 30.5 Å². The lowest BCUT2D eigenvalue weighted by molar-refractivity contribution is 0.376. The summed E-state index contributed by atoms with van der Waals surface area (Å²) < 4.78 is 11.1. The van der Waals surface area contributed by atoms with Gasteiger partial charge in [0.1, 0.15) is 11.5 Å². The molecule has 128 valence electrons. The number of benzene rings is 2. The van der Waals surface area contributed by atoms with Crippen LogP contribution in [-0.2, 0) is 19.4 Å². The molecule has 24 heavy (non-hydrogen) atoms. The Morgan fingerprint density at radius 1 is 1.08 bits per heavy atom. The maximum Gasteiger partial charge on any atom is 0.122 e. The van der Waals surface area contributed by atoms with Crippen molar-refractivity contribution in [2.75, 3.05) is 14.2 Å². The van der Waals surface area contributed by atoms with Crippen molar-refractivity contribution in [3.05, 3.63) is 57.6 Å². The average molecular weight is 346 g/mol. The molecule has 0 fully saturated rings. The van der Waals surface area contributed by atoms with E-state index in [2.05, 4.69) is 17.4 Å². The molecule has 2 aromatic carbocycles. The Balaban J connectivity index is 1.74. The van der Waals surface area contributed by atoms with Crippen molar-refractivity contribution >= 4 is 11.6 Å². The van der Waals surface area contributed by atoms with Gasteiger partial charge in [0.2, 0.25) is 0 Å². The molecule has 0 amide bonds. The lowest BCUT2D eigenvalue weighted by Gasteiger charge is -2.28. The summed E-state index contributed by atoms with van der Waals surface area (Å²) in [5.41, 5.74) is 4.82. The molecule has 1 atom stereocenters. The van der Waals surface area contributed by atoms with E-state index >= 15 is 0 Å². The van der Waals surface area contributed by atoms with Gasteiger partial charge in [0.15, 0.2) is 0 Å². The van der Waals surface area contributed by atoms with Gasteiger partial charge < -0.3 is 14.8 Å². The molecule has 3 nitrogen and oxygen atoms in total. The summed E-state index contributed by atoms with van der Waals surface area (Å²) in [6, 6.07) is 10.6. The van der Waals surface area contributed by atoms with Crippen LogP contribution in [0.2, 0.25) is 5.02 Å². The fraction of sp³-hybridized carbons (Fsp3) is 0.400.